The molecule has 5 N–H and O–H groups in total. The van der Waals surface area contributed by atoms with Crippen molar-refractivity contribution < 1.29 is 10.0 Å². The summed E-state index contributed by atoms with van der Waals surface area (Å²) in [4.78, 5) is 11.3. The highest BCUT2D eigenvalue weighted by Gasteiger charge is 2.28. The van der Waals surface area contributed by atoms with E-state index in [9.17, 15) is 4.79 Å². The van der Waals surface area contributed by atoms with Gasteiger partial charge in [0, 0.05) is 31.5 Å². The second-order valence-corrected chi connectivity index (χ2v) is 4.42. The van der Waals surface area contributed by atoms with Crippen molar-refractivity contribution in [2.24, 2.45) is 16.8 Å². The smallest absolute Gasteiger partial charge is 0.223 e. The lowest BCUT2D eigenvalue weighted by molar-refractivity contribution is -0.122. The molecule has 0 aromatic heterocycles. The summed E-state index contributed by atoms with van der Waals surface area (Å²) in [6, 6.07) is 0.184. The van der Waals surface area contributed by atoms with Gasteiger partial charge in [-0.3, -0.25) is 4.79 Å². The van der Waals surface area contributed by atoms with Crippen molar-refractivity contribution in [2.45, 2.75) is 38.6 Å². The summed E-state index contributed by atoms with van der Waals surface area (Å²) < 4.78 is 0. The summed E-state index contributed by atoms with van der Waals surface area (Å²) in [5.74, 6) is 0.650. The van der Waals surface area contributed by atoms with Crippen LogP contribution in [-0.4, -0.2) is 36.1 Å². The van der Waals surface area contributed by atoms with Crippen molar-refractivity contribution in [3.05, 3.63) is 0 Å². The van der Waals surface area contributed by atoms with Crippen LogP contribution in [-0.2, 0) is 4.79 Å². The van der Waals surface area contributed by atoms with E-state index in [0.717, 1.165) is 19.3 Å². The molecule has 98 valence electrons. The fourth-order valence-electron chi connectivity index (χ4n) is 1.61. The van der Waals surface area contributed by atoms with Crippen molar-refractivity contribution in [2.75, 3.05) is 13.1 Å². The minimum Gasteiger partial charge on any atom is -0.409 e. The molecule has 0 bridgehead atoms. The lowest BCUT2D eigenvalue weighted by Crippen LogP contribution is -2.39. The molecule has 0 aromatic rings. The molecule has 1 saturated carbocycles. The largest absolute Gasteiger partial charge is 0.409 e. The van der Waals surface area contributed by atoms with Crippen molar-refractivity contribution in [3.63, 3.8) is 0 Å². The number of amidine groups is 1. The number of carbonyl (C=O) groups excluding carboxylic acids is 1. The fourth-order valence-corrected chi connectivity index (χ4v) is 1.61. The van der Waals surface area contributed by atoms with E-state index in [1.807, 2.05) is 6.92 Å². The van der Waals surface area contributed by atoms with Gasteiger partial charge in [0.15, 0.2) is 0 Å². The van der Waals surface area contributed by atoms with Crippen LogP contribution in [0.4, 0.5) is 0 Å². The number of amides is 1. The summed E-state index contributed by atoms with van der Waals surface area (Å²) in [6.07, 6.45) is 3.47. The predicted molar refractivity (Wildman–Crippen MR) is 65.8 cm³/mol. The minimum absolute atomic E-state index is 0.163. The van der Waals surface area contributed by atoms with Crippen LogP contribution in [0.2, 0.25) is 0 Å². The Morgan fingerprint density at radius 1 is 1.53 bits per heavy atom. The maximum absolute atomic E-state index is 11.3. The topological polar surface area (TPSA) is 99.7 Å². The maximum Gasteiger partial charge on any atom is 0.223 e. The van der Waals surface area contributed by atoms with Gasteiger partial charge >= 0.3 is 0 Å². The van der Waals surface area contributed by atoms with Crippen LogP contribution in [0.25, 0.3) is 0 Å². The molecular formula is C11H22N4O2. The monoisotopic (exact) mass is 242 g/mol. The van der Waals surface area contributed by atoms with Crippen molar-refractivity contribution in [3.8, 4) is 0 Å². The predicted octanol–water partition coefficient (Wildman–Crippen LogP) is 0.0173. The minimum atomic E-state index is 0.163. The van der Waals surface area contributed by atoms with Crippen LogP contribution in [0.15, 0.2) is 5.16 Å². The molecule has 1 aliphatic rings. The standard InChI is InChI=1S/C11H22N4O2/c1-2-9(7-10(12)15-17)13-5-6-14-11(16)8-3-4-8/h8-9,13,17H,2-7H2,1H3,(H2,12,15)(H,14,16). The Kier molecular flexibility index (Phi) is 5.76. The Hall–Kier alpha value is -1.30. The van der Waals surface area contributed by atoms with Gasteiger partial charge in [0.05, 0.1) is 0 Å². The Bertz CT molecular complexity index is 277. The third-order valence-corrected chi connectivity index (χ3v) is 2.88. The molecule has 6 nitrogen and oxygen atoms in total. The molecular weight excluding hydrogens is 220 g/mol. The number of oxime groups is 1. The third-order valence-electron chi connectivity index (χ3n) is 2.88. The van der Waals surface area contributed by atoms with E-state index in [-0.39, 0.29) is 23.7 Å². The Morgan fingerprint density at radius 3 is 2.76 bits per heavy atom. The molecule has 1 amide bonds. The summed E-state index contributed by atoms with van der Waals surface area (Å²) in [7, 11) is 0. The molecule has 1 fully saturated rings. The fraction of sp³-hybridized carbons (Fsp3) is 0.818. The first kappa shape index (κ1) is 13.8. The van der Waals surface area contributed by atoms with E-state index in [2.05, 4.69) is 15.8 Å². The van der Waals surface area contributed by atoms with Crippen molar-refractivity contribution in [1.82, 2.24) is 10.6 Å². The number of nitrogens with zero attached hydrogens (tertiary/aromatic N) is 1. The van der Waals surface area contributed by atoms with Crippen LogP contribution in [0.5, 0.6) is 0 Å². The quantitative estimate of drug-likeness (QED) is 0.158. The highest BCUT2D eigenvalue weighted by atomic mass is 16.4. The number of nitrogens with one attached hydrogen (secondary N) is 2. The van der Waals surface area contributed by atoms with Gasteiger partial charge in [-0.25, -0.2) is 0 Å². The van der Waals surface area contributed by atoms with Gasteiger partial charge in [0.2, 0.25) is 5.91 Å². The number of carbonyl (C=O) groups is 1. The molecule has 0 aromatic carbocycles. The van der Waals surface area contributed by atoms with Crippen LogP contribution in [0.1, 0.15) is 32.6 Å². The van der Waals surface area contributed by atoms with Gasteiger partial charge in [-0.15, -0.1) is 0 Å². The van der Waals surface area contributed by atoms with Crippen molar-refractivity contribution >= 4 is 11.7 Å². The van der Waals surface area contributed by atoms with E-state index in [1.54, 1.807) is 0 Å². The molecule has 1 unspecified atom stereocenters. The normalized spacial score (nSPS) is 17.8. The van der Waals surface area contributed by atoms with E-state index in [1.165, 1.54) is 0 Å². The van der Waals surface area contributed by atoms with Gasteiger partial charge in [-0.05, 0) is 19.3 Å². The molecule has 0 spiro atoms. The highest BCUT2D eigenvalue weighted by molar-refractivity contribution is 5.81. The molecule has 1 atom stereocenters. The van der Waals surface area contributed by atoms with Crippen LogP contribution >= 0.6 is 0 Å². The zero-order valence-corrected chi connectivity index (χ0v) is 10.3. The first-order valence-electron chi connectivity index (χ1n) is 6.14. The lowest BCUT2D eigenvalue weighted by atomic mass is 10.1. The number of rotatable bonds is 8. The van der Waals surface area contributed by atoms with E-state index >= 15 is 0 Å². The average molecular weight is 242 g/mol. The van der Waals surface area contributed by atoms with Crippen molar-refractivity contribution in [1.29, 1.82) is 0 Å². The number of nitrogens with two attached hydrogens (primary N) is 1. The summed E-state index contributed by atoms with van der Waals surface area (Å²) in [5, 5.41) is 17.6. The van der Waals surface area contributed by atoms with E-state index < -0.39 is 0 Å². The molecule has 0 heterocycles. The van der Waals surface area contributed by atoms with Crippen LogP contribution in [0.3, 0.4) is 0 Å². The molecule has 17 heavy (non-hydrogen) atoms. The van der Waals surface area contributed by atoms with Gasteiger partial charge < -0.3 is 21.6 Å². The Morgan fingerprint density at radius 2 is 2.24 bits per heavy atom. The SMILES string of the molecule is CCC(CC(N)=NO)NCCNC(=O)C1CC1. The van der Waals surface area contributed by atoms with Gasteiger partial charge in [0.1, 0.15) is 5.84 Å². The van der Waals surface area contributed by atoms with Crippen LogP contribution in [0, 0.1) is 5.92 Å². The third kappa shape index (κ3) is 5.53. The number of hydrogen-bond donors (Lipinski definition) is 4. The Labute approximate surface area is 102 Å². The molecule has 0 saturated heterocycles. The highest BCUT2D eigenvalue weighted by Crippen LogP contribution is 2.28. The summed E-state index contributed by atoms with van der Waals surface area (Å²) in [5.41, 5.74) is 5.44. The molecule has 0 radical (unpaired) electrons. The average Bonchev–Trinajstić information content (AvgIpc) is 3.16. The molecule has 1 rings (SSSR count). The first-order valence-corrected chi connectivity index (χ1v) is 6.14. The molecule has 6 heteroatoms. The summed E-state index contributed by atoms with van der Waals surface area (Å²) in [6.45, 7) is 3.36. The van der Waals surface area contributed by atoms with E-state index in [0.29, 0.717) is 19.5 Å². The maximum atomic E-state index is 11.3. The van der Waals surface area contributed by atoms with Gasteiger partial charge in [0.25, 0.3) is 0 Å². The first-order chi connectivity index (χ1) is 8.17. The number of hydrogen-bond acceptors (Lipinski definition) is 4. The van der Waals surface area contributed by atoms with Gasteiger partial charge in [-0.2, -0.15) is 0 Å². The zero-order valence-electron chi connectivity index (χ0n) is 10.3. The van der Waals surface area contributed by atoms with Crippen LogP contribution < -0.4 is 16.4 Å². The molecule has 0 aliphatic heterocycles. The van der Waals surface area contributed by atoms with E-state index in [4.69, 9.17) is 10.9 Å². The molecule has 1 aliphatic carbocycles. The second-order valence-electron chi connectivity index (χ2n) is 4.42. The summed E-state index contributed by atoms with van der Waals surface area (Å²) >= 11 is 0. The zero-order chi connectivity index (χ0) is 12.7. The Balaban J connectivity index is 2.08. The van der Waals surface area contributed by atoms with Gasteiger partial charge in [-0.1, -0.05) is 12.1 Å². The second kappa shape index (κ2) is 7.11. The lowest BCUT2D eigenvalue weighted by Gasteiger charge is -2.16.